The zero-order valence-electron chi connectivity index (χ0n) is 13.3. The van der Waals surface area contributed by atoms with Crippen LogP contribution >= 0.6 is 11.6 Å². The van der Waals surface area contributed by atoms with Gasteiger partial charge in [-0.25, -0.2) is 4.39 Å². The summed E-state index contributed by atoms with van der Waals surface area (Å²) in [4.78, 5) is 26.2. The lowest BCUT2D eigenvalue weighted by Crippen LogP contribution is -2.19. The number of hydrogen-bond donors (Lipinski definition) is 3. The van der Waals surface area contributed by atoms with Crippen molar-refractivity contribution in [1.82, 2.24) is 4.98 Å². The fourth-order valence-corrected chi connectivity index (χ4v) is 2.80. The molecular weight excluding hydrogens is 345 g/mol. The topological polar surface area (TPSA) is 88.0 Å². The second kappa shape index (κ2) is 6.57. The van der Waals surface area contributed by atoms with E-state index in [9.17, 15) is 14.0 Å². The number of benzene rings is 2. The Bertz CT molecular complexity index is 1030. The Labute approximate surface area is 147 Å². The normalized spacial score (nSPS) is 12.1. The van der Waals surface area contributed by atoms with E-state index in [1.165, 1.54) is 12.1 Å². The van der Waals surface area contributed by atoms with Crippen LogP contribution in [0.3, 0.4) is 0 Å². The maximum atomic E-state index is 13.5. The molecule has 0 aliphatic heterocycles. The summed E-state index contributed by atoms with van der Waals surface area (Å²) in [6, 6.07) is 10.6. The molecule has 0 radical (unpaired) electrons. The summed E-state index contributed by atoms with van der Waals surface area (Å²) in [5, 5.41) is 3.76. The van der Waals surface area contributed by atoms with Crippen molar-refractivity contribution in [3.8, 4) is 0 Å². The van der Waals surface area contributed by atoms with Crippen LogP contribution in [0.2, 0.25) is 5.02 Å². The molecule has 0 aliphatic rings. The average molecular weight is 360 g/mol. The van der Waals surface area contributed by atoms with Gasteiger partial charge in [-0.15, -0.1) is 0 Å². The standard InChI is InChI=1S/C18H15ClFN3O2/c1-9(22-12-4-2-3-10(5-12)17(21)24)13-6-11-7-14(19)15(20)8-16(11)23-18(13)25/h2-9,22H,1H3,(H2,21,24)(H,23,25). The van der Waals surface area contributed by atoms with E-state index in [2.05, 4.69) is 10.3 Å². The van der Waals surface area contributed by atoms with Crippen LogP contribution in [0.25, 0.3) is 10.9 Å². The minimum atomic E-state index is -0.591. The number of aromatic amines is 1. The predicted molar refractivity (Wildman–Crippen MR) is 96.5 cm³/mol. The van der Waals surface area contributed by atoms with Crippen molar-refractivity contribution in [2.24, 2.45) is 5.73 Å². The number of nitrogens with two attached hydrogens (primary N) is 1. The number of carbonyl (C=O) groups is 1. The SMILES string of the molecule is CC(Nc1cccc(C(N)=O)c1)c1cc2cc(Cl)c(F)cc2[nH]c1=O. The minimum Gasteiger partial charge on any atom is -0.378 e. The Balaban J connectivity index is 1.96. The molecule has 0 spiro atoms. The van der Waals surface area contributed by atoms with Crippen molar-refractivity contribution in [3.63, 3.8) is 0 Å². The van der Waals surface area contributed by atoms with Crippen LogP contribution < -0.4 is 16.6 Å². The number of rotatable bonds is 4. The number of hydrogen-bond acceptors (Lipinski definition) is 3. The number of primary amides is 1. The summed E-state index contributed by atoms with van der Waals surface area (Å²) >= 11 is 5.81. The molecule has 5 nitrogen and oxygen atoms in total. The summed E-state index contributed by atoms with van der Waals surface area (Å²) in [7, 11) is 0. The van der Waals surface area contributed by atoms with E-state index in [-0.39, 0.29) is 16.6 Å². The van der Waals surface area contributed by atoms with E-state index in [0.29, 0.717) is 27.7 Å². The first-order chi connectivity index (χ1) is 11.8. The summed E-state index contributed by atoms with van der Waals surface area (Å²) in [5.74, 6) is -1.12. The third-order valence-corrected chi connectivity index (χ3v) is 4.20. The van der Waals surface area contributed by atoms with Gasteiger partial charge in [-0.05, 0) is 43.3 Å². The lowest BCUT2D eigenvalue weighted by molar-refractivity contribution is 0.100. The average Bonchev–Trinajstić information content (AvgIpc) is 2.56. The summed E-state index contributed by atoms with van der Waals surface area (Å²) in [6.45, 7) is 1.80. The minimum absolute atomic E-state index is 0.0136. The molecule has 3 rings (SSSR count). The van der Waals surface area contributed by atoms with E-state index in [1.807, 2.05) is 0 Å². The lowest BCUT2D eigenvalue weighted by Gasteiger charge is -2.16. The molecular formula is C18H15ClFN3O2. The summed E-state index contributed by atoms with van der Waals surface area (Å²) in [5.41, 5.74) is 6.79. The van der Waals surface area contributed by atoms with Gasteiger partial charge in [0.1, 0.15) is 5.82 Å². The molecule has 0 fully saturated rings. The van der Waals surface area contributed by atoms with E-state index in [4.69, 9.17) is 17.3 Å². The highest BCUT2D eigenvalue weighted by atomic mass is 35.5. The zero-order valence-corrected chi connectivity index (χ0v) is 14.0. The number of aromatic nitrogens is 1. The predicted octanol–water partition coefficient (Wildman–Crippen LogP) is 3.59. The van der Waals surface area contributed by atoms with Gasteiger partial charge in [0, 0.05) is 22.2 Å². The largest absolute Gasteiger partial charge is 0.378 e. The molecule has 1 unspecified atom stereocenters. The molecule has 4 N–H and O–H groups in total. The molecule has 25 heavy (non-hydrogen) atoms. The molecule has 0 aliphatic carbocycles. The highest BCUT2D eigenvalue weighted by Crippen LogP contribution is 2.24. The summed E-state index contributed by atoms with van der Waals surface area (Å²) < 4.78 is 13.5. The van der Waals surface area contributed by atoms with Gasteiger partial charge in [-0.2, -0.15) is 0 Å². The number of pyridine rings is 1. The Morgan fingerprint density at radius 2 is 2.04 bits per heavy atom. The molecule has 1 amide bonds. The van der Waals surface area contributed by atoms with Gasteiger partial charge in [0.25, 0.3) is 5.56 Å². The van der Waals surface area contributed by atoms with Crippen molar-refractivity contribution < 1.29 is 9.18 Å². The molecule has 3 aromatic rings. The Morgan fingerprint density at radius 1 is 1.28 bits per heavy atom. The lowest BCUT2D eigenvalue weighted by atomic mass is 10.1. The smallest absolute Gasteiger partial charge is 0.253 e. The number of carbonyl (C=O) groups excluding carboxylic acids is 1. The van der Waals surface area contributed by atoms with Crippen LogP contribution in [0.5, 0.6) is 0 Å². The number of amides is 1. The van der Waals surface area contributed by atoms with Crippen LogP contribution in [-0.4, -0.2) is 10.9 Å². The first-order valence-electron chi connectivity index (χ1n) is 7.53. The van der Waals surface area contributed by atoms with Crippen molar-refractivity contribution in [3.05, 3.63) is 74.8 Å². The number of fused-ring (bicyclic) bond motifs is 1. The molecule has 2 aromatic carbocycles. The maximum absolute atomic E-state index is 13.5. The Kier molecular flexibility index (Phi) is 4.46. The molecule has 1 aromatic heterocycles. The second-order valence-corrected chi connectivity index (χ2v) is 6.13. The first kappa shape index (κ1) is 17.0. The summed E-state index contributed by atoms with van der Waals surface area (Å²) in [6.07, 6.45) is 0. The van der Waals surface area contributed by atoms with Crippen LogP contribution in [0.15, 0.2) is 47.3 Å². The molecule has 1 atom stereocenters. The fraction of sp³-hybridized carbons (Fsp3) is 0.111. The van der Waals surface area contributed by atoms with Gasteiger partial charge in [0.15, 0.2) is 0 Å². The number of halogens is 2. The van der Waals surface area contributed by atoms with Crippen molar-refractivity contribution >= 4 is 34.1 Å². The number of nitrogens with one attached hydrogen (secondary N) is 2. The van der Waals surface area contributed by atoms with Gasteiger partial charge in [0.2, 0.25) is 5.91 Å². The second-order valence-electron chi connectivity index (χ2n) is 5.72. The maximum Gasteiger partial charge on any atom is 0.253 e. The van der Waals surface area contributed by atoms with Gasteiger partial charge in [-0.1, -0.05) is 17.7 Å². The van der Waals surface area contributed by atoms with Crippen molar-refractivity contribution in [2.45, 2.75) is 13.0 Å². The van der Waals surface area contributed by atoms with Gasteiger partial charge < -0.3 is 16.0 Å². The number of anilines is 1. The van der Waals surface area contributed by atoms with E-state index < -0.39 is 11.7 Å². The van der Waals surface area contributed by atoms with Crippen molar-refractivity contribution in [1.29, 1.82) is 0 Å². The van der Waals surface area contributed by atoms with Gasteiger partial charge in [-0.3, -0.25) is 9.59 Å². The molecule has 0 saturated carbocycles. The zero-order chi connectivity index (χ0) is 18.1. The molecule has 1 heterocycles. The first-order valence-corrected chi connectivity index (χ1v) is 7.91. The molecule has 128 valence electrons. The molecule has 0 bridgehead atoms. The monoisotopic (exact) mass is 359 g/mol. The van der Waals surface area contributed by atoms with E-state index in [0.717, 1.165) is 0 Å². The molecule has 0 saturated heterocycles. The van der Waals surface area contributed by atoms with Crippen LogP contribution in [0.1, 0.15) is 28.9 Å². The molecule has 7 heteroatoms. The Morgan fingerprint density at radius 3 is 2.76 bits per heavy atom. The van der Waals surface area contributed by atoms with E-state index >= 15 is 0 Å². The quantitative estimate of drug-likeness (QED) is 0.665. The van der Waals surface area contributed by atoms with Crippen LogP contribution in [0, 0.1) is 5.82 Å². The third-order valence-electron chi connectivity index (χ3n) is 3.91. The Hall–Kier alpha value is -2.86. The van der Waals surface area contributed by atoms with Crippen LogP contribution in [0.4, 0.5) is 10.1 Å². The fourth-order valence-electron chi connectivity index (χ4n) is 2.63. The highest BCUT2D eigenvalue weighted by molar-refractivity contribution is 6.31. The van der Waals surface area contributed by atoms with E-state index in [1.54, 1.807) is 37.3 Å². The van der Waals surface area contributed by atoms with Gasteiger partial charge in [0.05, 0.1) is 16.6 Å². The van der Waals surface area contributed by atoms with Gasteiger partial charge >= 0.3 is 0 Å². The number of H-pyrrole nitrogens is 1. The van der Waals surface area contributed by atoms with Crippen LogP contribution in [-0.2, 0) is 0 Å². The highest BCUT2D eigenvalue weighted by Gasteiger charge is 2.13. The van der Waals surface area contributed by atoms with Crippen molar-refractivity contribution in [2.75, 3.05) is 5.32 Å². The third kappa shape index (κ3) is 3.49.